The molecule has 0 radical (unpaired) electrons. The van der Waals surface area contributed by atoms with Gasteiger partial charge in [0.25, 0.3) is 0 Å². The van der Waals surface area contributed by atoms with Gasteiger partial charge < -0.3 is 5.11 Å². The average Bonchev–Trinajstić information content (AvgIpc) is 2.75. The molecule has 3 nitrogen and oxygen atoms in total. The van der Waals surface area contributed by atoms with Crippen LogP contribution in [-0.4, -0.2) is 15.1 Å². The topological polar surface area (TPSA) is 46.0 Å². The van der Waals surface area contributed by atoms with Crippen molar-refractivity contribution in [2.75, 3.05) is 0 Å². The summed E-state index contributed by atoms with van der Waals surface area (Å²) in [4.78, 5) is 9.49. The van der Waals surface area contributed by atoms with Gasteiger partial charge in [-0.05, 0) is 30.3 Å². The Morgan fingerprint density at radius 1 is 1.24 bits per heavy atom. The third-order valence-corrected chi connectivity index (χ3v) is 3.60. The summed E-state index contributed by atoms with van der Waals surface area (Å²) in [7, 11) is 0. The van der Waals surface area contributed by atoms with E-state index in [9.17, 15) is 5.11 Å². The second-order valence-corrected chi connectivity index (χ2v) is 4.92. The van der Waals surface area contributed by atoms with Crippen LogP contribution in [0.15, 0.2) is 36.5 Å². The number of hydrogen-bond donors (Lipinski definition) is 1. The summed E-state index contributed by atoms with van der Waals surface area (Å²) in [6.45, 7) is 0. The molecule has 0 atom stereocenters. The molecule has 0 saturated heterocycles. The van der Waals surface area contributed by atoms with E-state index in [1.807, 2.05) is 12.1 Å². The molecule has 0 saturated carbocycles. The Hall–Kier alpha value is -1.65. The van der Waals surface area contributed by atoms with E-state index in [1.54, 1.807) is 24.4 Å². The van der Waals surface area contributed by atoms with Crippen LogP contribution in [0.3, 0.4) is 0 Å². The largest absolute Gasteiger partial charge is 0.507 e. The quantitative estimate of drug-likeness (QED) is 0.727. The Balaban J connectivity index is 2.23. The van der Waals surface area contributed by atoms with E-state index in [2.05, 4.69) is 9.97 Å². The van der Waals surface area contributed by atoms with Crippen molar-refractivity contribution in [2.24, 2.45) is 0 Å². The second kappa shape index (κ2) is 3.98. The number of aromatic hydroxyl groups is 1. The van der Waals surface area contributed by atoms with Crippen LogP contribution in [-0.2, 0) is 0 Å². The van der Waals surface area contributed by atoms with Gasteiger partial charge >= 0.3 is 0 Å². The van der Waals surface area contributed by atoms with E-state index < -0.39 is 0 Å². The summed E-state index contributed by atoms with van der Waals surface area (Å²) in [5.74, 6) is 0.174. The van der Waals surface area contributed by atoms with Gasteiger partial charge in [-0.25, -0.2) is 9.97 Å². The lowest BCUT2D eigenvalue weighted by molar-refractivity contribution is 0.477. The Morgan fingerprint density at radius 3 is 2.94 bits per heavy atom. The number of benzene rings is 1. The Labute approximate surface area is 106 Å². The molecule has 84 valence electrons. The standard InChI is InChI=1S/C12H7ClN2OS/c13-7-3-4-10(16)8(6-7)11-15-9-2-1-5-14-12(9)17-11/h1-6,16H. The molecule has 0 fully saturated rings. The van der Waals surface area contributed by atoms with Crippen LogP contribution in [0.1, 0.15) is 0 Å². The lowest BCUT2D eigenvalue weighted by atomic mass is 10.2. The average molecular weight is 263 g/mol. The van der Waals surface area contributed by atoms with Gasteiger partial charge in [-0.3, -0.25) is 0 Å². The fraction of sp³-hybridized carbons (Fsp3) is 0. The van der Waals surface area contributed by atoms with Crippen molar-refractivity contribution < 1.29 is 5.11 Å². The number of rotatable bonds is 1. The summed E-state index contributed by atoms with van der Waals surface area (Å²) in [5, 5.41) is 11.1. The predicted molar refractivity (Wildman–Crippen MR) is 69.5 cm³/mol. The number of phenolic OH excluding ortho intramolecular Hbond substituents is 1. The van der Waals surface area contributed by atoms with Crippen LogP contribution >= 0.6 is 22.9 Å². The van der Waals surface area contributed by atoms with Crippen molar-refractivity contribution in [3.05, 3.63) is 41.6 Å². The molecular weight excluding hydrogens is 256 g/mol. The monoisotopic (exact) mass is 262 g/mol. The molecule has 2 aromatic heterocycles. The first-order valence-electron chi connectivity index (χ1n) is 4.94. The summed E-state index contributed by atoms with van der Waals surface area (Å²) in [5.41, 5.74) is 1.47. The Kier molecular flexibility index (Phi) is 2.46. The molecule has 1 N–H and O–H groups in total. The molecule has 0 aliphatic heterocycles. The molecule has 3 aromatic rings. The summed E-state index contributed by atoms with van der Waals surface area (Å²) < 4.78 is 0. The number of halogens is 1. The van der Waals surface area contributed by atoms with Crippen LogP contribution in [0.4, 0.5) is 0 Å². The van der Waals surface area contributed by atoms with Crippen LogP contribution in [0, 0.1) is 0 Å². The van der Waals surface area contributed by atoms with Crippen molar-refractivity contribution in [1.29, 1.82) is 0 Å². The molecule has 0 spiro atoms. The normalized spacial score (nSPS) is 10.9. The fourth-order valence-corrected chi connectivity index (χ4v) is 2.67. The first-order valence-corrected chi connectivity index (χ1v) is 6.14. The zero-order valence-electron chi connectivity index (χ0n) is 8.59. The highest BCUT2D eigenvalue weighted by atomic mass is 35.5. The fourth-order valence-electron chi connectivity index (χ4n) is 1.56. The molecule has 2 heterocycles. The minimum absolute atomic E-state index is 0.174. The Bertz CT molecular complexity index is 663. The maximum atomic E-state index is 9.80. The van der Waals surface area contributed by atoms with Crippen molar-refractivity contribution >= 4 is 33.3 Å². The minimum atomic E-state index is 0.174. The van der Waals surface area contributed by atoms with Gasteiger partial charge in [0.15, 0.2) is 0 Å². The first-order chi connectivity index (χ1) is 8.24. The van der Waals surface area contributed by atoms with E-state index in [0.29, 0.717) is 10.6 Å². The molecule has 0 amide bonds. The molecule has 5 heteroatoms. The van der Waals surface area contributed by atoms with E-state index in [1.165, 1.54) is 11.3 Å². The lowest BCUT2D eigenvalue weighted by Crippen LogP contribution is -1.77. The number of nitrogens with zero attached hydrogens (tertiary/aromatic N) is 2. The highest BCUT2D eigenvalue weighted by molar-refractivity contribution is 7.21. The van der Waals surface area contributed by atoms with Crippen molar-refractivity contribution in [3.8, 4) is 16.3 Å². The molecule has 0 aliphatic carbocycles. The van der Waals surface area contributed by atoms with E-state index in [4.69, 9.17) is 11.6 Å². The SMILES string of the molecule is Oc1ccc(Cl)cc1-c1nc2cccnc2s1. The van der Waals surface area contributed by atoms with Gasteiger partial charge in [-0.1, -0.05) is 22.9 Å². The van der Waals surface area contributed by atoms with Gasteiger partial charge in [0.05, 0.1) is 5.56 Å². The number of thiazole rings is 1. The first kappa shape index (κ1) is 10.5. The molecule has 0 unspecified atom stereocenters. The molecular formula is C12H7ClN2OS. The number of fused-ring (bicyclic) bond motifs is 1. The number of hydrogen-bond acceptors (Lipinski definition) is 4. The second-order valence-electron chi connectivity index (χ2n) is 3.51. The summed E-state index contributed by atoms with van der Waals surface area (Å²) >= 11 is 7.35. The number of aromatic nitrogens is 2. The van der Waals surface area contributed by atoms with Crippen molar-refractivity contribution in [1.82, 2.24) is 9.97 Å². The van der Waals surface area contributed by atoms with Gasteiger partial charge in [0.1, 0.15) is 21.1 Å². The van der Waals surface area contributed by atoms with Crippen LogP contribution in [0.2, 0.25) is 5.02 Å². The molecule has 0 aliphatic rings. The lowest BCUT2D eigenvalue weighted by Gasteiger charge is -2.00. The minimum Gasteiger partial charge on any atom is -0.507 e. The third kappa shape index (κ3) is 1.85. The van der Waals surface area contributed by atoms with Gasteiger partial charge in [0.2, 0.25) is 0 Å². The highest BCUT2D eigenvalue weighted by Crippen LogP contribution is 2.35. The van der Waals surface area contributed by atoms with E-state index in [-0.39, 0.29) is 5.75 Å². The van der Waals surface area contributed by atoms with E-state index >= 15 is 0 Å². The van der Waals surface area contributed by atoms with Crippen LogP contribution in [0.25, 0.3) is 20.9 Å². The molecule has 3 rings (SSSR count). The number of phenols is 1. The molecule has 17 heavy (non-hydrogen) atoms. The maximum absolute atomic E-state index is 9.80. The predicted octanol–water partition coefficient (Wildman–Crippen LogP) is 3.72. The smallest absolute Gasteiger partial charge is 0.143 e. The Morgan fingerprint density at radius 2 is 2.12 bits per heavy atom. The van der Waals surface area contributed by atoms with E-state index in [0.717, 1.165) is 15.4 Å². The van der Waals surface area contributed by atoms with Crippen LogP contribution in [0.5, 0.6) is 5.75 Å². The molecule has 1 aromatic carbocycles. The van der Waals surface area contributed by atoms with Crippen molar-refractivity contribution in [3.63, 3.8) is 0 Å². The maximum Gasteiger partial charge on any atom is 0.143 e. The number of pyridine rings is 1. The van der Waals surface area contributed by atoms with Gasteiger partial charge in [-0.15, -0.1) is 0 Å². The summed E-state index contributed by atoms with van der Waals surface area (Å²) in [6.07, 6.45) is 1.72. The van der Waals surface area contributed by atoms with Crippen molar-refractivity contribution in [2.45, 2.75) is 0 Å². The zero-order valence-corrected chi connectivity index (χ0v) is 10.2. The van der Waals surface area contributed by atoms with Gasteiger partial charge in [0, 0.05) is 11.2 Å². The van der Waals surface area contributed by atoms with Gasteiger partial charge in [-0.2, -0.15) is 0 Å². The third-order valence-electron chi connectivity index (χ3n) is 2.36. The highest BCUT2D eigenvalue weighted by Gasteiger charge is 2.11. The zero-order chi connectivity index (χ0) is 11.8. The van der Waals surface area contributed by atoms with Crippen LogP contribution < -0.4 is 0 Å². The summed E-state index contributed by atoms with van der Waals surface area (Å²) in [6, 6.07) is 8.64. The molecule has 0 bridgehead atoms.